The van der Waals surface area contributed by atoms with Crippen molar-refractivity contribution in [1.29, 1.82) is 0 Å². The molecule has 0 amide bonds. The number of rotatable bonds is 4. The van der Waals surface area contributed by atoms with E-state index in [0.29, 0.717) is 6.61 Å². The fraction of sp³-hybridized carbons (Fsp3) is 0.375. The van der Waals surface area contributed by atoms with Gasteiger partial charge < -0.3 is 9.57 Å². The van der Waals surface area contributed by atoms with Crippen molar-refractivity contribution in [2.24, 2.45) is 5.90 Å². The molecule has 1 rings (SSSR count). The lowest BCUT2D eigenvalue weighted by Gasteiger charge is -2.02. The first-order valence-corrected chi connectivity index (χ1v) is 3.66. The second kappa shape index (κ2) is 4.69. The van der Waals surface area contributed by atoms with E-state index in [4.69, 9.17) is 10.6 Å². The molecule has 0 spiro atoms. The Morgan fingerprint density at radius 3 is 3.00 bits per heavy atom. The molecule has 0 atom stereocenters. The van der Waals surface area contributed by atoms with Crippen LogP contribution in [0.15, 0.2) is 18.5 Å². The second-order valence-corrected chi connectivity index (χ2v) is 2.35. The fourth-order valence-corrected chi connectivity index (χ4v) is 0.889. The van der Waals surface area contributed by atoms with Gasteiger partial charge in [0.25, 0.3) is 0 Å². The van der Waals surface area contributed by atoms with Gasteiger partial charge in [-0.25, -0.2) is 5.90 Å². The van der Waals surface area contributed by atoms with E-state index >= 15 is 0 Å². The Morgan fingerprint density at radius 2 is 2.33 bits per heavy atom. The van der Waals surface area contributed by atoms with Gasteiger partial charge in [-0.05, 0) is 18.1 Å². The third kappa shape index (κ3) is 2.48. The third-order valence-corrected chi connectivity index (χ3v) is 1.51. The van der Waals surface area contributed by atoms with E-state index in [9.17, 15) is 0 Å². The summed E-state index contributed by atoms with van der Waals surface area (Å²) in [5.74, 6) is 5.65. The lowest BCUT2D eigenvalue weighted by molar-refractivity contribution is 0.141. The van der Waals surface area contributed by atoms with E-state index in [2.05, 4.69) is 9.82 Å². The number of pyridine rings is 1. The summed E-state index contributed by atoms with van der Waals surface area (Å²) in [5.41, 5.74) is 1.06. The number of hydrogen-bond donors (Lipinski definition) is 1. The van der Waals surface area contributed by atoms with Gasteiger partial charge in [0.05, 0.1) is 19.9 Å². The predicted octanol–water partition coefficient (Wildman–Crippen LogP) is 0.523. The van der Waals surface area contributed by atoms with E-state index in [1.165, 1.54) is 0 Å². The number of ether oxygens (including phenoxy) is 1. The molecule has 0 bridgehead atoms. The molecule has 0 fully saturated rings. The van der Waals surface area contributed by atoms with Gasteiger partial charge in [0.2, 0.25) is 0 Å². The molecular formula is C8H12N2O2. The zero-order valence-electron chi connectivity index (χ0n) is 6.99. The Bertz CT molecular complexity index is 240. The minimum atomic E-state index is 0.495. The van der Waals surface area contributed by atoms with Crippen LogP contribution in [0.1, 0.15) is 5.56 Å². The van der Waals surface area contributed by atoms with Gasteiger partial charge in [-0.15, -0.1) is 0 Å². The molecule has 0 saturated heterocycles. The normalized spacial score (nSPS) is 9.83. The molecule has 4 heteroatoms. The summed E-state index contributed by atoms with van der Waals surface area (Å²) < 4.78 is 5.00. The van der Waals surface area contributed by atoms with Crippen molar-refractivity contribution < 1.29 is 9.57 Å². The number of methoxy groups -OCH3 is 1. The molecule has 0 aliphatic carbocycles. The van der Waals surface area contributed by atoms with Gasteiger partial charge in [-0.3, -0.25) is 4.98 Å². The molecular weight excluding hydrogens is 156 g/mol. The zero-order valence-corrected chi connectivity index (χ0v) is 6.99. The number of hydrogen-bond acceptors (Lipinski definition) is 4. The summed E-state index contributed by atoms with van der Waals surface area (Å²) in [6.45, 7) is 0.495. The number of nitrogens with two attached hydrogens (primary N) is 1. The van der Waals surface area contributed by atoms with Crippen LogP contribution in [0, 0.1) is 0 Å². The monoisotopic (exact) mass is 168 g/mol. The maximum absolute atomic E-state index is 5.00. The molecule has 0 saturated carbocycles. The standard InChI is InChI=1S/C8H12N2O2/c1-11-8-4-7(2-3-12-9)5-10-6-8/h4-6H,2-3,9H2,1H3. The lowest BCUT2D eigenvalue weighted by Crippen LogP contribution is -2.03. The lowest BCUT2D eigenvalue weighted by atomic mass is 10.2. The average molecular weight is 168 g/mol. The minimum absolute atomic E-state index is 0.495. The van der Waals surface area contributed by atoms with Gasteiger partial charge in [0.15, 0.2) is 0 Å². The van der Waals surface area contributed by atoms with E-state index in [1.54, 1.807) is 19.5 Å². The smallest absolute Gasteiger partial charge is 0.137 e. The molecule has 0 radical (unpaired) electrons. The van der Waals surface area contributed by atoms with Crippen LogP contribution in [-0.4, -0.2) is 18.7 Å². The van der Waals surface area contributed by atoms with Crippen LogP contribution in [0.25, 0.3) is 0 Å². The van der Waals surface area contributed by atoms with Crippen molar-refractivity contribution in [3.63, 3.8) is 0 Å². The predicted molar refractivity (Wildman–Crippen MR) is 44.6 cm³/mol. The van der Waals surface area contributed by atoms with Gasteiger partial charge in [0, 0.05) is 6.20 Å². The quantitative estimate of drug-likeness (QED) is 0.666. The van der Waals surface area contributed by atoms with Crippen molar-refractivity contribution in [1.82, 2.24) is 4.98 Å². The molecule has 0 aromatic carbocycles. The van der Waals surface area contributed by atoms with E-state index in [1.807, 2.05) is 6.07 Å². The van der Waals surface area contributed by atoms with E-state index in [0.717, 1.165) is 17.7 Å². The average Bonchev–Trinajstić information content (AvgIpc) is 2.15. The molecule has 2 N–H and O–H groups in total. The summed E-state index contributed by atoms with van der Waals surface area (Å²) in [6, 6.07) is 1.91. The Balaban J connectivity index is 2.60. The maximum Gasteiger partial charge on any atom is 0.137 e. The first-order chi connectivity index (χ1) is 5.86. The van der Waals surface area contributed by atoms with Crippen LogP contribution in [0.3, 0.4) is 0 Å². The summed E-state index contributed by atoms with van der Waals surface area (Å²) in [6.07, 6.45) is 4.18. The van der Waals surface area contributed by atoms with E-state index < -0.39 is 0 Å². The van der Waals surface area contributed by atoms with Crippen molar-refractivity contribution in [2.45, 2.75) is 6.42 Å². The van der Waals surface area contributed by atoms with Crippen LogP contribution in [-0.2, 0) is 11.3 Å². The van der Waals surface area contributed by atoms with Crippen LogP contribution in [0.2, 0.25) is 0 Å². The Kier molecular flexibility index (Phi) is 3.50. The topological polar surface area (TPSA) is 57.4 Å². The minimum Gasteiger partial charge on any atom is -0.495 e. The van der Waals surface area contributed by atoms with Gasteiger partial charge in [-0.2, -0.15) is 0 Å². The summed E-state index contributed by atoms with van der Waals surface area (Å²) in [5, 5.41) is 0. The number of nitrogens with zero attached hydrogens (tertiary/aromatic N) is 1. The molecule has 66 valence electrons. The van der Waals surface area contributed by atoms with Crippen LogP contribution in [0.5, 0.6) is 5.75 Å². The van der Waals surface area contributed by atoms with Crippen molar-refractivity contribution >= 4 is 0 Å². The summed E-state index contributed by atoms with van der Waals surface area (Å²) >= 11 is 0. The highest BCUT2D eigenvalue weighted by Gasteiger charge is 1.95. The Morgan fingerprint density at radius 1 is 1.50 bits per heavy atom. The molecule has 0 unspecified atom stereocenters. The highest BCUT2D eigenvalue weighted by molar-refractivity contribution is 5.23. The molecule has 1 heterocycles. The van der Waals surface area contributed by atoms with Gasteiger partial charge in [-0.1, -0.05) is 0 Å². The van der Waals surface area contributed by atoms with Gasteiger partial charge in [0.1, 0.15) is 5.75 Å². The first-order valence-electron chi connectivity index (χ1n) is 3.66. The summed E-state index contributed by atoms with van der Waals surface area (Å²) in [4.78, 5) is 8.44. The largest absolute Gasteiger partial charge is 0.495 e. The Hall–Kier alpha value is -1.13. The van der Waals surface area contributed by atoms with Crippen molar-refractivity contribution in [3.8, 4) is 5.75 Å². The highest BCUT2D eigenvalue weighted by Crippen LogP contribution is 2.10. The van der Waals surface area contributed by atoms with E-state index in [-0.39, 0.29) is 0 Å². The van der Waals surface area contributed by atoms with Crippen LogP contribution >= 0.6 is 0 Å². The Labute approximate surface area is 71.3 Å². The van der Waals surface area contributed by atoms with Crippen LogP contribution in [0.4, 0.5) is 0 Å². The number of aromatic nitrogens is 1. The zero-order chi connectivity index (χ0) is 8.81. The first kappa shape index (κ1) is 8.96. The van der Waals surface area contributed by atoms with Crippen molar-refractivity contribution in [3.05, 3.63) is 24.0 Å². The molecule has 0 aliphatic rings. The van der Waals surface area contributed by atoms with Crippen LogP contribution < -0.4 is 10.6 Å². The third-order valence-electron chi connectivity index (χ3n) is 1.51. The maximum atomic E-state index is 5.00. The second-order valence-electron chi connectivity index (χ2n) is 2.35. The van der Waals surface area contributed by atoms with Gasteiger partial charge >= 0.3 is 0 Å². The molecule has 12 heavy (non-hydrogen) atoms. The van der Waals surface area contributed by atoms with Crippen molar-refractivity contribution in [2.75, 3.05) is 13.7 Å². The molecule has 0 aliphatic heterocycles. The molecule has 1 aromatic heterocycles. The highest BCUT2D eigenvalue weighted by atomic mass is 16.6. The SMILES string of the molecule is COc1cncc(CCON)c1. The molecule has 4 nitrogen and oxygen atoms in total. The molecule has 1 aromatic rings. The fourth-order valence-electron chi connectivity index (χ4n) is 0.889. The summed E-state index contributed by atoms with van der Waals surface area (Å²) in [7, 11) is 1.61.